The second-order valence-electron chi connectivity index (χ2n) is 10.7. The Morgan fingerprint density at radius 2 is 1.68 bits per heavy atom. The van der Waals surface area contributed by atoms with Crippen LogP contribution in [0.1, 0.15) is 65.9 Å². The lowest BCUT2D eigenvalue weighted by molar-refractivity contribution is -0.124. The molecule has 0 aliphatic carbocycles. The summed E-state index contributed by atoms with van der Waals surface area (Å²) in [6, 6.07) is 13.0. The van der Waals surface area contributed by atoms with Gasteiger partial charge in [-0.15, -0.1) is 0 Å². The van der Waals surface area contributed by atoms with Crippen molar-refractivity contribution in [1.82, 2.24) is 16.0 Å². The summed E-state index contributed by atoms with van der Waals surface area (Å²) in [6.45, 7) is 9.32. The van der Waals surface area contributed by atoms with E-state index in [4.69, 9.17) is 4.74 Å². The van der Waals surface area contributed by atoms with Crippen LogP contribution in [0.4, 0.5) is 4.79 Å². The highest BCUT2D eigenvalue weighted by Crippen LogP contribution is 2.16. The standard InChI is InChI=1S/C27H40BN3O6/c1-18(2)15-23(28(35)36)31-24(32)12-8-11-22(30-26(34)37-27(3,4)5)25(33)29-17-19-13-14-20-9-6-7-10-21(20)16-19/h6-7,9-10,13-14,16,18,22-23,35-36H,8,11-12,15,17H2,1-5H3,(H,29,33)(H,30,34)(H,31,32)/t22-,23-/m0/s1. The lowest BCUT2D eigenvalue weighted by Gasteiger charge is -2.23. The van der Waals surface area contributed by atoms with Crippen LogP contribution in [0.5, 0.6) is 0 Å². The van der Waals surface area contributed by atoms with Crippen LogP contribution in [0.3, 0.4) is 0 Å². The molecule has 0 aromatic heterocycles. The Kier molecular flexibility index (Phi) is 11.4. The van der Waals surface area contributed by atoms with Gasteiger partial charge in [0.2, 0.25) is 11.8 Å². The first kappa shape index (κ1) is 30.1. The van der Waals surface area contributed by atoms with Gasteiger partial charge in [0.1, 0.15) is 11.6 Å². The van der Waals surface area contributed by atoms with E-state index in [9.17, 15) is 24.4 Å². The quantitative estimate of drug-likeness (QED) is 0.277. The number of benzene rings is 2. The molecule has 9 nitrogen and oxygen atoms in total. The molecule has 10 heteroatoms. The maximum absolute atomic E-state index is 13.0. The number of ether oxygens (including phenoxy) is 1. The molecule has 3 amide bonds. The highest BCUT2D eigenvalue weighted by Gasteiger charge is 2.27. The van der Waals surface area contributed by atoms with E-state index in [0.717, 1.165) is 16.3 Å². The summed E-state index contributed by atoms with van der Waals surface area (Å²) in [4.78, 5) is 37.7. The van der Waals surface area contributed by atoms with Crippen molar-refractivity contribution in [1.29, 1.82) is 0 Å². The molecule has 0 aliphatic heterocycles. The van der Waals surface area contributed by atoms with Crippen molar-refractivity contribution in [2.24, 2.45) is 5.92 Å². The van der Waals surface area contributed by atoms with Crippen LogP contribution in [0.15, 0.2) is 42.5 Å². The zero-order valence-electron chi connectivity index (χ0n) is 22.4. The van der Waals surface area contributed by atoms with Gasteiger partial charge >= 0.3 is 13.2 Å². The molecule has 202 valence electrons. The van der Waals surface area contributed by atoms with Crippen molar-refractivity contribution in [3.05, 3.63) is 48.0 Å². The van der Waals surface area contributed by atoms with Gasteiger partial charge in [0.05, 0.1) is 5.94 Å². The zero-order chi connectivity index (χ0) is 27.6. The van der Waals surface area contributed by atoms with E-state index in [2.05, 4.69) is 16.0 Å². The Morgan fingerprint density at radius 1 is 1.00 bits per heavy atom. The molecule has 2 rings (SSSR count). The van der Waals surface area contributed by atoms with Gasteiger partial charge < -0.3 is 30.7 Å². The second kappa shape index (κ2) is 14.0. The third kappa shape index (κ3) is 11.2. The normalized spacial score (nSPS) is 13.1. The van der Waals surface area contributed by atoms with Crippen LogP contribution >= 0.6 is 0 Å². The molecule has 0 saturated carbocycles. The molecule has 0 aliphatic rings. The minimum absolute atomic E-state index is 0.0613. The maximum Gasteiger partial charge on any atom is 0.475 e. The Hall–Kier alpha value is -3.11. The van der Waals surface area contributed by atoms with E-state index in [1.807, 2.05) is 56.3 Å². The number of rotatable bonds is 12. The fourth-order valence-corrected chi connectivity index (χ4v) is 3.89. The van der Waals surface area contributed by atoms with E-state index in [1.54, 1.807) is 20.8 Å². The fourth-order valence-electron chi connectivity index (χ4n) is 3.89. The average molecular weight is 513 g/mol. The first-order valence-electron chi connectivity index (χ1n) is 12.7. The van der Waals surface area contributed by atoms with E-state index < -0.39 is 30.8 Å². The molecular formula is C27H40BN3O6. The fraction of sp³-hybridized carbons (Fsp3) is 0.519. The van der Waals surface area contributed by atoms with E-state index in [1.165, 1.54) is 0 Å². The average Bonchev–Trinajstić information content (AvgIpc) is 2.79. The lowest BCUT2D eigenvalue weighted by Crippen LogP contribution is -2.48. The van der Waals surface area contributed by atoms with Crippen molar-refractivity contribution in [2.75, 3.05) is 0 Å². The van der Waals surface area contributed by atoms with Gasteiger partial charge in [-0.3, -0.25) is 9.59 Å². The predicted octanol–water partition coefficient (Wildman–Crippen LogP) is 3.06. The molecule has 2 aromatic rings. The van der Waals surface area contributed by atoms with Gasteiger partial charge in [0.15, 0.2) is 0 Å². The largest absolute Gasteiger partial charge is 0.475 e. The molecule has 0 unspecified atom stereocenters. The van der Waals surface area contributed by atoms with E-state index >= 15 is 0 Å². The SMILES string of the molecule is CC(C)C[C@H](NC(=O)CCC[C@H](NC(=O)OC(C)(C)C)C(=O)NCc1ccc2ccccc2c1)B(O)O. The number of hydrogen-bond donors (Lipinski definition) is 5. The smallest absolute Gasteiger partial charge is 0.444 e. The summed E-state index contributed by atoms with van der Waals surface area (Å²) >= 11 is 0. The molecule has 0 saturated heterocycles. The van der Waals surface area contributed by atoms with Gasteiger partial charge in [-0.1, -0.05) is 50.2 Å². The second-order valence-corrected chi connectivity index (χ2v) is 10.7. The Balaban J connectivity index is 1.98. The van der Waals surface area contributed by atoms with Crippen LogP contribution in [0.25, 0.3) is 10.8 Å². The first-order chi connectivity index (χ1) is 17.3. The highest BCUT2D eigenvalue weighted by molar-refractivity contribution is 6.43. The maximum atomic E-state index is 13.0. The Labute approximate surface area is 219 Å². The molecule has 0 spiro atoms. The third-order valence-electron chi connectivity index (χ3n) is 5.62. The summed E-state index contributed by atoms with van der Waals surface area (Å²) < 4.78 is 5.31. The number of nitrogens with one attached hydrogen (secondary N) is 3. The first-order valence-corrected chi connectivity index (χ1v) is 12.7. The van der Waals surface area contributed by atoms with Crippen molar-refractivity contribution < 1.29 is 29.2 Å². The summed E-state index contributed by atoms with van der Waals surface area (Å²) in [5, 5.41) is 29.3. The minimum atomic E-state index is -1.66. The highest BCUT2D eigenvalue weighted by atomic mass is 16.6. The summed E-state index contributed by atoms with van der Waals surface area (Å²) in [7, 11) is -1.66. The van der Waals surface area contributed by atoms with Crippen LogP contribution in [-0.4, -0.2) is 52.7 Å². The van der Waals surface area contributed by atoms with E-state index in [0.29, 0.717) is 12.8 Å². The van der Waals surface area contributed by atoms with Crippen LogP contribution in [0.2, 0.25) is 0 Å². The Morgan fingerprint density at radius 3 is 2.30 bits per heavy atom. The monoisotopic (exact) mass is 513 g/mol. The van der Waals surface area contributed by atoms with Crippen molar-refractivity contribution in [3.8, 4) is 0 Å². The zero-order valence-corrected chi connectivity index (χ0v) is 22.4. The molecule has 0 bridgehead atoms. The topological polar surface area (TPSA) is 137 Å². The van der Waals surface area contributed by atoms with Crippen LogP contribution < -0.4 is 16.0 Å². The molecule has 37 heavy (non-hydrogen) atoms. The van der Waals surface area contributed by atoms with Gasteiger partial charge in [-0.05, 0) is 68.4 Å². The molecule has 0 fully saturated rings. The molecule has 0 heterocycles. The molecule has 0 radical (unpaired) electrons. The van der Waals surface area contributed by atoms with E-state index in [-0.39, 0.29) is 37.1 Å². The van der Waals surface area contributed by atoms with Crippen molar-refractivity contribution >= 4 is 35.8 Å². The number of alkyl carbamates (subject to hydrolysis) is 1. The van der Waals surface area contributed by atoms with Crippen molar-refractivity contribution in [2.45, 2.75) is 84.4 Å². The van der Waals surface area contributed by atoms with Gasteiger partial charge in [-0.2, -0.15) is 0 Å². The van der Waals surface area contributed by atoms with Gasteiger partial charge in [0, 0.05) is 13.0 Å². The molecule has 2 aromatic carbocycles. The number of hydrogen-bond acceptors (Lipinski definition) is 6. The lowest BCUT2D eigenvalue weighted by atomic mass is 9.75. The summed E-state index contributed by atoms with van der Waals surface area (Å²) in [5.74, 6) is -1.34. The third-order valence-corrected chi connectivity index (χ3v) is 5.62. The summed E-state index contributed by atoms with van der Waals surface area (Å²) in [6.07, 6.45) is 0.260. The Bertz CT molecular complexity index is 1050. The van der Waals surface area contributed by atoms with Crippen molar-refractivity contribution in [3.63, 3.8) is 0 Å². The van der Waals surface area contributed by atoms with Gasteiger partial charge in [0.25, 0.3) is 0 Å². The van der Waals surface area contributed by atoms with Crippen LogP contribution in [0, 0.1) is 5.92 Å². The summed E-state index contributed by atoms with van der Waals surface area (Å²) in [5.41, 5.74) is 0.188. The molecule has 5 N–H and O–H groups in total. The number of carbonyl (C=O) groups excluding carboxylic acids is 3. The molecule has 2 atom stereocenters. The number of fused-ring (bicyclic) bond motifs is 1. The number of carbonyl (C=O) groups is 3. The molecular weight excluding hydrogens is 473 g/mol. The number of amides is 3. The van der Waals surface area contributed by atoms with Crippen LogP contribution in [-0.2, 0) is 20.9 Å². The minimum Gasteiger partial charge on any atom is -0.444 e. The van der Waals surface area contributed by atoms with Gasteiger partial charge in [-0.25, -0.2) is 4.79 Å². The predicted molar refractivity (Wildman–Crippen MR) is 144 cm³/mol.